The van der Waals surface area contributed by atoms with Gasteiger partial charge in [0.05, 0.1) is 18.2 Å². The van der Waals surface area contributed by atoms with E-state index in [1.54, 1.807) is 12.1 Å². The lowest BCUT2D eigenvalue weighted by molar-refractivity contribution is -0.129. The Morgan fingerprint density at radius 2 is 1.96 bits per heavy atom. The van der Waals surface area contributed by atoms with Gasteiger partial charge in [0.1, 0.15) is 0 Å². The molecule has 2 heterocycles. The summed E-state index contributed by atoms with van der Waals surface area (Å²) in [6.07, 6.45) is 3.00. The topological polar surface area (TPSA) is 77.8 Å². The van der Waals surface area contributed by atoms with E-state index in [0.29, 0.717) is 0 Å². The standard InChI is InChI=1S/C19H17NO4S/c21-11-10-20-17(15-7-4-12-25-15)16(18(23)19(20)24)14(22)9-8-13-5-2-1-3-6-13/h1-9,12,17,21,23H,10-11H2/b9-8+. The number of ketones is 1. The molecule has 6 heteroatoms. The Labute approximate surface area is 149 Å². The lowest BCUT2D eigenvalue weighted by atomic mass is 10.0. The Morgan fingerprint density at radius 1 is 1.20 bits per heavy atom. The highest BCUT2D eigenvalue weighted by atomic mass is 32.1. The van der Waals surface area contributed by atoms with Crippen molar-refractivity contribution < 1.29 is 19.8 Å². The molecule has 2 N–H and O–H groups in total. The summed E-state index contributed by atoms with van der Waals surface area (Å²) in [7, 11) is 0. The average Bonchev–Trinajstić information content (AvgIpc) is 3.23. The molecule has 1 aromatic carbocycles. The molecule has 2 aromatic rings. The molecule has 1 atom stereocenters. The van der Waals surface area contributed by atoms with Gasteiger partial charge in [0.2, 0.25) is 0 Å². The van der Waals surface area contributed by atoms with Crippen LogP contribution in [0.15, 0.2) is 65.3 Å². The number of allylic oxidation sites excluding steroid dienone is 1. The SMILES string of the molecule is O=C(/C=C/c1ccccc1)C1=C(O)C(=O)N(CCO)C1c1cccs1. The minimum atomic E-state index is -0.674. The largest absolute Gasteiger partial charge is 0.503 e. The maximum absolute atomic E-state index is 12.7. The number of thiophene rings is 1. The van der Waals surface area contributed by atoms with E-state index in [1.165, 1.54) is 22.3 Å². The van der Waals surface area contributed by atoms with Gasteiger partial charge >= 0.3 is 0 Å². The Balaban J connectivity index is 1.95. The zero-order valence-electron chi connectivity index (χ0n) is 13.3. The Hall–Kier alpha value is -2.70. The molecule has 1 aromatic heterocycles. The number of rotatable bonds is 6. The quantitative estimate of drug-likeness (QED) is 0.781. The number of benzene rings is 1. The number of carbonyl (C=O) groups excluding carboxylic acids is 2. The molecular formula is C19H17NO4S. The van der Waals surface area contributed by atoms with Crippen molar-refractivity contribution in [3.63, 3.8) is 0 Å². The van der Waals surface area contributed by atoms with Gasteiger partial charge in [0.25, 0.3) is 5.91 Å². The van der Waals surface area contributed by atoms with E-state index >= 15 is 0 Å². The molecule has 25 heavy (non-hydrogen) atoms. The third-order valence-corrected chi connectivity index (χ3v) is 4.87. The monoisotopic (exact) mass is 355 g/mol. The highest BCUT2D eigenvalue weighted by Crippen LogP contribution is 2.39. The van der Waals surface area contributed by atoms with Gasteiger partial charge in [-0.25, -0.2) is 0 Å². The highest BCUT2D eigenvalue weighted by molar-refractivity contribution is 7.10. The predicted molar refractivity (Wildman–Crippen MR) is 96.0 cm³/mol. The van der Waals surface area contributed by atoms with Crippen molar-refractivity contribution in [3.8, 4) is 0 Å². The molecule has 1 amide bonds. The van der Waals surface area contributed by atoms with Crippen LogP contribution in [-0.2, 0) is 9.59 Å². The van der Waals surface area contributed by atoms with E-state index in [4.69, 9.17) is 0 Å². The fraction of sp³-hybridized carbons (Fsp3) is 0.158. The van der Waals surface area contributed by atoms with E-state index in [-0.39, 0.29) is 18.7 Å². The Bertz CT molecular complexity index is 824. The van der Waals surface area contributed by atoms with Crippen LogP contribution in [0.3, 0.4) is 0 Å². The van der Waals surface area contributed by atoms with Crippen molar-refractivity contribution >= 4 is 29.1 Å². The first-order chi connectivity index (χ1) is 12.1. The second kappa shape index (κ2) is 7.46. The first-order valence-corrected chi connectivity index (χ1v) is 8.67. The highest BCUT2D eigenvalue weighted by Gasteiger charge is 2.42. The summed E-state index contributed by atoms with van der Waals surface area (Å²) >= 11 is 1.39. The number of nitrogens with zero attached hydrogens (tertiary/aromatic N) is 1. The minimum Gasteiger partial charge on any atom is -0.503 e. The van der Waals surface area contributed by atoms with E-state index < -0.39 is 23.5 Å². The van der Waals surface area contributed by atoms with Crippen LogP contribution >= 0.6 is 11.3 Å². The molecule has 0 bridgehead atoms. The van der Waals surface area contributed by atoms with Gasteiger partial charge in [-0.05, 0) is 23.1 Å². The molecule has 0 aliphatic carbocycles. The van der Waals surface area contributed by atoms with Gasteiger partial charge in [0, 0.05) is 11.4 Å². The number of β-amino-alcohol motifs (C(OH)–C–C–N with tert-alkyl or cyclic N) is 1. The summed E-state index contributed by atoms with van der Waals surface area (Å²) in [5.41, 5.74) is 0.897. The average molecular weight is 355 g/mol. The van der Waals surface area contributed by atoms with Crippen LogP contribution in [0.4, 0.5) is 0 Å². The summed E-state index contributed by atoms with van der Waals surface area (Å²) in [4.78, 5) is 27.1. The second-order valence-corrected chi connectivity index (χ2v) is 6.49. The second-order valence-electron chi connectivity index (χ2n) is 5.51. The van der Waals surface area contributed by atoms with Crippen LogP contribution in [0.1, 0.15) is 16.5 Å². The maximum atomic E-state index is 12.7. The third-order valence-electron chi connectivity index (χ3n) is 3.95. The molecule has 1 aliphatic heterocycles. The fourth-order valence-electron chi connectivity index (χ4n) is 2.81. The molecule has 0 saturated carbocycles. The number of amides is 1. The molecule has 1 aliphatic rings. The maximum Gasteiger partial charge on any atom is 0.290 e. The van der Waals surface area contributed by atoms with E-state index in [2.05, 4.69) is 0 Å². The van der Waals surface area contributed by atoms with Gasteiger partial charge in [0.15, 0.2) is 11.5 Å². The molecule has 5 nitrogen and oxygen atoms in total. The smallest absolute Gasteiger partial charge is 0.290 e. The van der Waals surface area contributed by atoms with E-state index in [0.717, 1.165) is 10.4 Å². The Morgan fingerprint density at radius 3 is 2.60 bits per heavy atom. The van der Waals surface area contributed by atoms with Crippen LogP contribution in [-0.4, -0.2) is 40.0 Å². The zero-order chi connectivity index (χ0) is 17.8. The molecule has 1 unspecified atom stereocenters. The first kappa shape index (κ1) is 17.1. The summed E-state index contributed by atoms with van der Waals surface area (Å²) in [5.74, 6) is -1.60. The molecule has 0 fully saturated rings. The Kier molecular flexibility index (Phi) is 5.11. The number of aliphatic hydroxyl groups excluding tert-OH is 2. The molecule has 0 saturated heterocycles. The molecular weight excluding hydrogens is 338 g/mol. The first-order valence-electron chi connectivity index (χ1n) is 7.79. The van der Waals surface area contributed by atoms with Gasteiger partial charge in [-0.3, -0.25) is 9.59 Å². The molecule has 3 rings (SSSR count). The zero-order valence-corrected chi connectivity index (χ0v) is 14.1. The molecule has 0 radical (unpaired) electrons. The van der Waals surface area contributed by atoms with Gasteiger partial charge < -0.3 is 15.1 Å². The minimum absolute atomic E-state index is 0.0463. The van der Waals surface area contributed by atoms with Crippen LogP contribution in [0.25, 0.3) is 6.08 Å². The lowest BCUT2D eigenvalue weighted by Gasteiger charge is -2.24. The van der Waals surface area contributed by atoms with E-state index in [1.807, 2.05) is 41.8 Å². The summed E-state index contributed by atoms with van der Waals surface area (Å²) in [6.45, 7) is -0.202. The number of aliphatic hydroxyl groups is 2. The fourth-order valence-corrected chi connectivity index (χ4v) is 3.66. The van der Waals surface area contributed by atoms with Crippen molar-refractivity contribution in [3.05, 3.63) is 75.7 Å². The van der Waals surface area contributed by atoms with Crippen LogP contribution < -0.4 is 0 Å². The van der Waals surface area contributed by atoms with Crippen molar-refractivity contribution in [2.45, 2.75) is 6.04 Å². The van der Waals surface area contributed by atoms with E-state index in [9.17, 15) is 19.8 Å². The molecule has 128 valence electrons. The third kappa shape index (κ3) is 3.40. The normalized spacial score (nSPS) is 17.7. The van der Waals surface area contributed by atoms with Gasteiger partial charge in [-0.1, -0.05) is 42.5 Å². The lowest BCUT2D eigenvalue weighted by Crippen LogP contribution is -2.33. The van der Waals surface area contributed by atoms with Crippen LogP contribution in [0.5, 0.6) is 0 Å². The number of hydrogen-bond donors (Lipinski definition) is 2. The molecule has 0 spiro atoms. The predicted octanol–water partition coefficient (Wildman–Crippen LogP) is 2.72. The number of carbonyl (C=O) groups is 2. The summed E-state index contributed by atoms with van der Waals surface area (Å²) in [5, 5.41) is 21.3. The van der Waals surface area contributed by atoms with Gasteiger partial charge in [-0.2, -0.15) is 0 Å². The summed E-state index contributed by atoms with van der Waals surface area (Å²) < 4.78 is 0. The van der Waals surface area contributed by atoms with Crippen molar-refractivity contribution in [2.24, 2.45) is 0 Å². The van der Waals surface area contributed by atoms with Crippen LogP contribution in [0.2, 0.25) is 0 Å². The van der Waals surface area contributed by atoms with Crippen molar-refractivity contribution in [1.29, 1.82) is 0 Å². The number of hydrogen-bond acceptors (Lipinski definition) is 5. The van der Waals surface area contributed by atoms with Crippen LogP contribution in [0, 0.1) is 0 Å². The summed E-state index contributed by atoms with van der Waals surface area (Å²) in [6, 6.07) is 12.3. The van der Waals surface area contributed by atoms with Crippen molar-refractivity contribution in [1.82, 2.24) is 4.90 Å². The van der Waals surface area contributed by atoms with Gasteiger partial charge in [-0.15, -0.1) is 11.3 Å². The van der Waals surface area contributed by atoms with Crippen molar-refractivity contribution in [2.75, 3.05) is 13.2 Å².